The van der Waals surface area contributed by atoms with Crippen LogP contribution in [0.2, 0.25) is 5.02 Å². The molecule has 0 spiro atoms. The minimum absolute atomic E-state index is 0.794. The molecule has 0 aliphatic rings. The second-order valence-corrected chi connectivity index (χ2v) is 6.42. The molecule has 0 unspecified atom stereocenters. The van der Waals surface area contributed by atoms with Gasteiger partial charge in [0.2, 0.25) is 0 Å². The third kappa shape index (κ3) is 4.02. The van der Waals surface area contributed by atoms with Crippen LogP contribution in [0.15, 0.2) is 46.2 Å². The summed E-state index contributed by atoms with van der Waals surface area (Å²) < 4.78 is 0. The smallest absolute Gasteiger partial charge is 0.0410 e. The lowest BCUT2D eigenvalue weighted by atomic mass is 10.2. The minimum atomic E-state index is 0.794. The van der Waals surface area contributed by atoms with Crippen molar-refractivity contribution in [1.82, 2.24) is 5.32 Å². The molecule has 0 saturated carbocycles. The standard InChI is InChI=1S/C17H20ClNS/c1-4-19-11-14-10-15(18)6-8-17(14)20-16-7-5-12(2)9-13(16)3/h5-10,19H,4,11H2,1-3H3. The highest BCUT2D eigenvalue weighted by molar-refractivity contribution is 7.99. The molecule has 2 rings (SSSR count). The third-order valence-corrected chi connectivity index (χ3v) is 4.67. The quantitative estimate of drug-likeness (QED) is 0.813. The lowest BCUT2D eigenvalue weighted by molar-refractivity contribution is 0.718. The predicted octanol–water partition coefficient (Wildman–Crippen LogP) is 5.22. The van der Waals surface area contributed by atoms with Crippen LogP contribution in [0.4, 0.5) is 0 Å². The number of nitrogens with one attached hydrogen (secondary N) is 1. The zero-order valence-electron chi connectivity index (χ0n) is 12.2. The van der Waals surface area contributed by atoms with Crippen molar-refractivity contribution in [3.8, 4) is 0 Å². The topological polar surface area (TPSA) is 12.0 Å². The maximum Gasteiger partial charge on any atom is 0.0410 e. The largest absolute Gasteiger partial charge is 0.313 e. The Morgan fingerprint density at radius 3 is 2.50 bits per heavy atom. The van der Waals surface area contributed by atoms with Gasteiger partial charge in [0.1, 0.15) is 0 Å². The fourth-order valence-corrected chi connectivity index (χ4v) is 3.26. The van der Waals surface area contributed by atoms with Gasteiger partial charge < -0.3 is 5.32 Å². The molecule has 20 heavy (non-hydrogen) atoms. The number of halogens is 1. The number of benzene rings is 2. The molecule has 3 heteroatoms. The van der Waals surface area contributed by atoms with Gasteiger partial charge in [0.05, 0.1) is 0 Å². The van der Waals surface area contributed by atoms with E-state index < -0.39 is 0 Å². The van der Waals surface area contributed by atoms with E-state index in [1.807, 2.05) is 17.8 Å². The van der Waals surface area contributed by atoms with Gasteiger partial charge in [-0.1, -0.05) is 48.0 Å². The zero-order chi connectivity index (χ0) is 14.5. The molecule has 2 aromatic rings. The summed E-state index contributed by atoms with van der Waals surface area (Å²) in [6, 6.07) is 12.7. The summed E-state index contributed by atoms with van der Waals surface area (Å²) in [7, 11) is 0. The van der Waals surface area contributed by atoms with Crippen LogP contribution in [-0.2, 0) is 6.54 Å². The third-order valence-electron chi connectivity index (χ3n) is 3.14. The molecular formula is C17H20ClNS. The Labute approximate surface area is 130 Å². The van der Waals surface area contributed by atoms with Gasteiger partial charge in [0.15, 0.2) is 0 Å². The average molecular weight is 306 g/mol. The number of hydrogen-bond acceptors (Lipinski definition) is 2. The van der Waals surface area contributed by atoms with E-state index >= 15 is 0 Å². The van der Waals surface area contributed by atoms with Crippen molar-refractivity contribution in [3.05, 3.63) is 58.1 Å². The first-order valence-corrected chi connectivity index (χ1v) is 8.04. The van der Waals surface area contributed by atoms with Crippen LogP contribution in [0.1, 0.15) is 23.6 Å². The zero-order valence-corrected chi connectivity index (χ0v) is 13.7. The van der Waals surface area contributed by atoms with Gasteiger partial charge >= 0.3 is 0 Å². The van der Waals surface area contributed by atoms with Crippen LogP contribution >= 0.6 is 23.4 Å². The Hall–Kier alpha value is -0.960. The highest BCUT2D eigenvalue weighted by Gasteiger charge is 2.07. The number of rotatable bonds is 5. The van der Waals surface area contributed by atoms with Crippen molar-refractivity contribution in [2.24, 2.45) is 0 Å². The van der Waals surface area contributed by atoms with Crippen LogP contribution in [0, 0.1) is 13.8 Å². The van der Waals surface area contributed by atoms with E-state index in [-0.39, 0.29) is 0 Å². The lowest BCUT2D eigenvalue weighted by Gasteiger charge is -2.12. The Morgan fingerprint density at radius 1 is 1.05 bits per heavy atom. The Balaban J connectivity index is 2.27. The van der Waals surface area contributed by atoms with Crippen molar-refractivity contribution < 1.29 is 0 Å². The summed E-state index contributed by atoms with van der Waals surface area (Å²) in [5.41, 5.74) is 3.87. The SMILES string of the molecule is CCNCc1cc(Cl)ccc1Sc1ccc(C)cc1C. The molecule has 106 valence electrons. The summed E-state index contributed by atoms with van der Waals surface area (Å²) in [6.07, 6.45) is 0. The fraction of sp³-hybridized carbons (Fsp3) is 0.294. The maximum absolute atomic E-state index is 6.11. The van der Waals surface area contributed by atoms with E-state index in [4.69, 9.17) is 11.6 Å². The molecule has 0 bridgehead atoms. The summed E-state index contributed by atoms with van der Waals surface area (Å²) in [5, 5.41) is 4.16. The molecule has 1 nitrogen and oxygen atoms in total. The molecule has 0 saturated heterocycles. The monoisotopic (exact) mass is 305 g/mol. The Kier molecular flexibility index (Phi) is 5.53. The Morgan fingerprint density at radius 2 is 1.80 bits per heavy atom. The van der Waals surface area contributed by atoms with Crippen LogP contribution in [0.3, 0.4) is 0 Å². The van der Waals surface area contributed by atoms with E-state index in [1.165, 1.54) is 26.5 Å². The van der Waals surface area contributed by atoms with Gasteiger partial charge in [-0.3, -0.25) is 0 Å². The van der Waals surface area contributed by atoms with Crippen molar-refractivity contribution in [3.63, 3.8) is 0 Å². The van der Waals surface area contributed by atoms with Gasteiger partial charge in [-0.2, -0.15) is 0 Å². The van der Waals surface area contributed by atoms with Gasteiger partial charge in [0.25, 0.3) is 0 Å². The van der Waals surface area contributed by atoms with E-state index in [0.29, 0.717) is 0 Å². The first-order valence-electron chi connectivity index (χ1n) is 6.84. The second kappa shape index (κ2) is 7.16. The highest BCUT2D eigenvalue weighted by Crippen LogP contribution is 2.34. The maximum atomic E-state index is 6.11. The van der Waals surface area contributed by atoms with E-state index in [1.54, 1.807) is 0 Å². The minimum Gasteiger partial charge on any atom is -0.313 e. The van der Waals surface area contributed by atoms with Gasteiger partial charge in [-0.15, -0.1) is 0 Å². The Bertz CT molecular complexity index is 596. The summed E-state index contributed by atoms with van der Waals surface area (Å²) >= 11 is 7.92. The molecule has 0 aliphatic heterocycles. The van der Waals surface area contributed by atoms with Gasteiger partial charge in [-0.25, -0.2) is 0 Å². The van der Waals surface area contributed by atoms with Crippen LogP contribution < -0.4 is 5.32 Å². The van der Waals surface area contributed by atoms with Crippen LogP contribution in [0.25, 0.3) is 0 Å². The lowest BCUT2D eigenvalue weighted by Crippen LogP contribution is -2.12. The predicted molar refractivity (Wildman–Crippen MR) is 88.9 cm³/mol. The van der Waals surface area contributed by atoms with E-state index in [0.717, 1.165) is 18.1 Å². The van der Waals surface area contributed by atoms with Gasteiger partial charge in [0, 0.05) is 21.4 Å². The summed E-state index contributed by atoms with van der Waals surface area (Å²) in [5.74, 6) is 0. The normalized spacial score (nSPS) is 10.8. The van der Waals surface area contributed by atoms with Crippen LogP contribution in [-0.4, -0.2) is 6.54 Å². The number of aryl methyl sites for hydroxylation is 2. The molecule has 0 amide bonds. The molecule has 0 aromatic heterocycles. The number of hydrogen-bond donors (Lipinski definition) is 1. The molecule has 0 radical (unpaired) electrons. The van der Waals surface area contributed by atoms with E-state index in [9.17, 15) is 0 Å². The molecule has 2 aromatic carbocycles. The first-order chi connectivity index (χ1) is 9.60. The van der Waals surface area contributed by atoms with Crippen molar-refractivity contribution in [1.29, 1.82) is 0 Å². The molecule has 0 heterocycles. The van der Waals surface area contributed by atoms with Crippen molar-refractivity contribution in [2.75, 3.05) is 6.54 Å². The van der Waals surface area contributed by atoms with Crippen molar-refractivity contribution in [2.45, 2.75) is 37.1 Å². The summed E-state index contributed by atoms with van der Waals surface area (Å²) in [6.45, 7) is 8.21. The average Bonchev–Trinajstić information content (AvgIpc) is 2.41. The highest BCUT2D eigenvalue weighted by atomic mass is 35.5. The first kappa shape index (κ1) is 15.4. The summed E-state index contributed by atoms with van der Waals surface area (Å²) in [4.78, 5) is 2.57. The molecule has 0 atom stereocenters. The van der Waals surface area contributed by atoms with Crippen molar-refractivity contribution >= 4 is 23.4 Å². The second-order valence-electron chi connectivity index (χ2n) is 4.90. The van der Waals surface area contributed by atoms with Crippen LogP contribution in [0.5, 0.6) is 0 Å². The fourth-order valence-electron chi connectivity index (χ4n) is 2.08. The van der Waals surface area contributed by atoms with Gasteiger partial charge in [-0.05, 0) is 55.8 Å². The molecule has 0 fully saturated rings. The van der Waals surface area contributed by atoms with E-state index in [2.05, 4.69) is 56.4 Å². The molecule has 0 aliphatic carbocycles. The molecular weight excluding hydrogens is 286 g/mol. The molecule has 1 N–H and O–H groups in total.